The highest BCUT2D eigenvalue weighted by Crippen LogP contribution is 2.29. The van der Waals surface area contributed by atoms with E-state index < -0.39 is 25.9 Å². The van der Waals surface area contributed by atoms with Gasteiger partial charge in [0.1, 0.15) is 16.7 Å². The first-order valence-electron chi connectivity index (χ1n) is 6.46. The molecule has 2 heterocycles. The molecule has 1 aliphatic rings. The molecule has 1 atom stereocenters. The van der Waals surface area contributed by atoms with E-state index in [1.165, 1.54) is 13.3 Å². The predicted octanol–water partition coefficient (Wildman–Crippen LogP) is 1.24. The van der Waals surface area contributed by atoms with Gasteiger partial charge in [0.15, 0.2) is 9.84 Å². The Morgan fingerprint density at radius 3 is 2.67 bits per heavy atom. The molecule has 3 rings (SSSR count). The van der Waals surface area contributed by atoms with Crippen LogP contribution in [0.15, 0.2) is 39.8 Å². The van der Waals surface area contributed by atoms with Crippen LogP contribution in [0.2, 0.25) is 0 Å². The number of rotatable bonds is 3. The Kier molecular flexibility index (Phi) is 3.34. The number of nitrogens with zero attached hydrogens (tertiary/aromatic N) is 1. The molecular formula is C13H15NO5S2. The number of sulfonamides is 1. The molecule has 1 aliphatic heterocycles. The lowest BCUT2D eigenvalue weighted by molar-refractivity contribution is 0.393. The van der Waals surface area contributed by atoms with E-state index in [4.69, 9.17) is 4.42 Å². The number of sulfone groups is 1. The number of hydrogen-bond acceptors (Lipinski definition) is 5. The van der Waals surface area contributed by atoms with E-state index in [1.807, 2.05) is 0 Å². The minimum absolute atomic E-state index is 0.0314. The van der Waals surface area contributed by atoms with Gasteiger partial charge in [0.2, 0.25) is 10.0 Å². The highest BCUT2D eigenvalue weighted by atomic mass is 32.2. The number of furan rings is 1. The molecule has 0 bridgehead atoms. The van der Waals surface area contributed by atoms with Crippen LogP contribution < -0.4 is 0 Å². The van der Waals surface area contributed by atoms with Crippen LogP contribution in [-0.4, -0.2) is 45.7 Å². The molecule has 0 radical (unpaired) electrons. The van der Waals surface area contributed by atoms with Crippen LogP contribution in [0.3, 0.4) is 0 Å². The molecule has 0 amide bonds. The van der Waals surface area contributed by atoms with Gasteiger partial charge in [0.25, 0.3) is 0 Å². The lowest BCUT2D eigenvalue weighted by Crippen LogP contribution is -2.37. The van der Waals surface area contributed by atoms with Crippen molar-refractivity contribution < 1.29 is 21.3 Å². The third-order valence-electron chi connectivity index (χ3n) is 3.83. The molecule has 0 spiro atoms. The van der Waals surface area contributed by atoms with Gasteiger partial charge >= 0.3 is 0 Å². The molecule has 1 saturated heterocycles. The summed E-state index contributed by atoms with van der Waals surface area (Å²) in [5.41, 5.74) is 0.489. The Balaban J connectivity index is 2.01. The molecule has 0 saturated carbocycles. The van der Waals surface area contributed by atoms with Crippen LogP contribution in [0.1, 0.15) is 6.42 Å². The zero-order valence-electron chi connectivity index (χ0n) is 11.4. The summed E-state index contributed by atoms with van der Waals surface area (Å²) in [7, 11) is -5.50. The largest absolute Gasteiger partial charge is 0.463 e. The fourth-order valence-corrected chi connectivity index (χ4v) is 5.93. The summed E-state index contributed by atoms with van der Waals surface area (Å²) in [6, 6.07) is 6.33. The first-order valence-corrected chi connectivity index (χ1v) is 9.72. The standard InChI is InChI=1S/C13H15NO5S2/c1-14(10-6-7-20(15,16)9-10)21(17,18)13-8-19-12-5-3-2-4-11(12)13/h2-5,8,10H,6-7,9H2,1H3. The van der Waals surface area contributed by atoms with Gasteiger partial charge in [-0.05, 0) is 18.6 Å². The summed E-state index contributed by atoms with van der Waals surface area (Å²) in [4.78, 5) is 0.0740. The molecule has 2 aromatic rings. The van der Waals surface area contributed by atoms with Crippen molar-refractivity contribution in [2.24, 2.45) is 0 Å². The van der Waals surface area contributed by atoms with Gasteiger partial charge in [-0.15, -0.1) is 0 Å². The van der Waals surface area contributed by atoms with Crippen molar-refractivity contribution in [3.05, 3.63) is 30.5 Å². The molecule has 21 heavy (non-hydrogen) atoms. The van der Waals surface area contributed by atoms with Gasteiger partial charge in [0.05, 0.1) is 11.5 Å². The highest BCUT2D eigenvalue weighted by molar-refractivity contribution is 7.92. The number of benzene rings is 1. The maximum Gasteiger partial charge on any atom is 0.246 e. The van der Waals surface area contributed by atoms with Crippen LogP contribution in [0.4, 0.5) is 0 Å². The van der Waals surface area contributed by atoms with Crippen molar-refractivity contribution in [1.29, 1.82) is 0 Å². The van der Waals surface area contributed by atoms with Crippen molar-refractivity contribution in [1.82, 2.24) is 4.31 Å². The number of para-hydroxylation sites is 1. The summed E-state index contributed by atoms with van der Waals surface area (Å²) < 4.78 is 54.8. The maximum absolute atomic E-state index is 12.7. The smallest absolute Gasteiger partial charge is 0.246 e. The van der Waals surface area contributed by atoms with Gasteiger partial charge < -0.3 is 4.42 Å². The summed E-state index contributed by atoms with van der Waals surface area (Å²) in [5.74, 6) is -0.0951. The lowest BCUT2D eigenvalue weighted by Gasteiger charge is -2.22. The van der Waals surface area contributed by atoms with E-state index in [1.54, 1.807) is 24.3 Å². The fraction of sp³-hybridized carbons (Fsp3) is 0.385. The van der Waals surface area contributed by atoms with E-state index in [0.29, 0.717) is 17.4 Å². The van der Waals surface area contributed by atoms with E-state index in [-0.39, 0.29) is 16.4 Å². The minimum atomic E-state index is -3.78. The normalized spacial score (nSPS) is 22.1. The summed E-state index contributed by atoms with van der Waals surface area (Å²) in [6.45, 7) is 0. The van der Waals surface area contributed by atoms with E-state index in [2.05, 4.69) is 0 Å². The van der Waals surface area contributed by atoms with Crippen LogP contribution in [0.25, 0.3) is 11.0 Å². The second-order valence-electron chi connectivity index (χ2n) is 5.17. The maximum atomic E-state index is 12.7. The summed E-state index contributed by atoms with van der Waals surface area (Å²) in [6.07, 6.45) is 1.54. The Labute approximate surface area is 123 Å². The molecule has 0 aliphatic carbocycles. The average molecular weight is 329 g/mol. The SMILES string of the molecule is CN(C1CCS(=O)(=O)C1)S(=O)(=O)c1coc2ccccc12. The number of fused-ring (bicyclic) bond motifs is 1. The minimum Gasteiger partial charge on any atom is -0.463 e. The zero-order valence-corrected chi connectivity index (χ0v) is 13.0. The van der Waals surface area contributed by atoms with E-state index >= 15 is 0 Å². The molecular weight excluding hydrogens is 314 g/mol. The molecule has 1 fully saturated rings. The van der Waals surface area contributed by atoms with Gasteiger partial charge in [-0.1, -0.05) is 12.1 Å². The predicted molar refractivity (Wildman–Crippen MR) is 78.2 cm³/mol. The van der Waals surface area contributed by atoms with Crippen molar-refractivity contribution in [2.75, 3.05) is 18.6 Å². The molecule has 1 aromatic heterocycles. The topological polar surface area (TPSA) is 84.7 Å². The Morgan fingerprint density at radius 2 is 2.00 bits per heavy atom. The van der Waals surface area contributed by atoms with Gasteiger partial charge in [-0.3, -0.25) is 0 Å². The van der Waals surface area contributed by atoms with Gasteiger partial charge in [0, 0.05) is 18.5 Å². The average Bonchev–Trinajstić information content (AvgIpc) is 3.01. The van der Waals surface area contributed by atoms with Crippen LogP contribution in [0.5, 0.6) is 0 Å². The molecule has 6 nitrogen and oxygen atoms in total. The van der Waals surface area contributed by atoms with Crippen LogP contribution in [0, 0.1) is 0 Å². The van der Waals surface area contributed by atoms with Crippen LogP contribution >= 0.6 is 0 Å². The third-order valence-corrected chi connectivity index (χ3v) is 7.50. The quantitative estimate of drug-likeness (QED) is 0.846. The summed E-state index contributed by atoms with van der Waals surface area (Å²) in [5, 5.41) is 0.505. The van der Waals surface area contributed by atoms with Crippen molar-refractivity contribution in [2.45, 2.75) is 17.4 Å². The van der Waals surface area contributed by atoms with Crippen molar-refractivity contribution >= 4 is 30.8 Å². The zero-order chi connectivity index (χ0) is 15.3. The van der Waals surface area contributed by atoms with Crippen LogP contribution in [-0.2, 0) is 19.9 Å². The molecule has 8 heteroatoms. The molecule has 0 N–H and O–H groups in total. The Bertz CT molecular complexity index is 882. The Morgan fingerprint density at radius 1 is 1.29 bits per heavy atom. The van der Waals surface area contributed by atoms with Crippen molar-refractivity contribution in [3.63, 3.8) is 0 Å². The molecule has 114 valence electrons. The van der Waals surface area contributed by atoms with E-state index in [9.17, 15) is 16.8 Å². The fourth-order valence-electron chi connectivity index (χ4n) is 2.57. The Hall–Kier alpha value is -1.38. The monoisotopic (exact) mass is 329 g/mol. The van der Waals surface area contributed by atoms with Crippen molar-refractivity contribution in [3.8, 4) is 0 Å². The first kappa shape index (κ1) is 14.6. The lowest BCUT2D eigenvalue weighted by atomic mass is 10.3. The highest BCUT2D eigenvalue weighted by Gasteiger charge is 2.37. The summed E-state index contributed by atoms with van der Waals surface area (Å²) >= 11 is 0. The number of hydrogen-bond donors (Lipinski definition) is 0. The second kappa shape index (κ2) is 4.82. The molecule has 1 aromatic carbocycles. The molecule has 1 unspecified atom stereocenters. The third kappa shape index (κ3) is 2.47. The first-order chi connectivity index (χ1) is 9.81. The van der Waals surface area contributed by atoms with E-state index in [0.717, 1.165) is 4.31 Å². The second-order valence-corrected chi connectivity index (χ2v) is 9.37. The van der Waals surface area contributed by atoms with Gasteiger partial charge in [-0.25, -0.2) is 16.8 Å². The van der Waals surface area contributed by atoms with Gasteiger partial charge in [-0.2, -0.15) is 4.31 Å².